The number of carbonyl (C=O) groups is 1. The van der Waals surface area contributed by atoms with Crippen LogP contribution in [0.25, 0.3) is 34.1 Å². The van der Waals surface area contributed by atoms with Gasteiger partial charge >= 0.3 is 0 Å². The summed E-state index contributed by atoms with van der Waals surface area (Å²) in [6.45, 7) is 0. The zero-order valence-electron chi connectivity index (χ0n) is 17.1. The van der Waals surface area contributed by atoms with Crippen LogP contribution in [0.2, 0.25) is 10.0 Å². The van der Waals surface area contributed by atoms with E-state index < -0.39 is 0 Å². The van der Waals surface area contributed by atoms with Gasteiger partial charge in [-0.05, 0) is 60.7 Å². The lowest BCUT2D eigenvalue weighted by molar-refractivity contribution is -0.111. The first-order valence-electron chi connectivity index (χ1n) is 10.0. The van der Waals surface area contributed by atoms with Crippen molar-refractivity contribution in [1.29, 1.82) is 0 Å². The van der Waals surface area contributed by atoms with E-state index in [0.717, 1.165) is 11.2 Å². The number of aromatic nitrogens is 3. The smallest absolute Gasteiger partial charge is 0.248 e. The number of fused-ring (bicyclic) bond motifs is 1. The predicted molar refractivity (Wildman–Crippen MR) is 131 cm³/mol. The Bertz CT molecular complexity index is 1490. The Hall–Kier alpha value is -3.87. The van der Waals surface area contributed by atoms with Gasteiger partial charge in [0.25, 0.3) is 0 Å². The second-order valence-electron chi connectivity index (χ2n) is 7.15. The quantitative estimate of drug-likeness (QED) is 0.289. The average Bonchev–Trinajstić information content (AvgIpc) is 3.47. The van der Waals surface area contributed by atoms with Gasteiger partial charge in [-0.15, -0.1) is 10.2 Å². The number of hydrogen-bond donors (Lipinski definition) is 1. The van der Waals surface area contributed by atoms with Crippen LogP contribution in [0.1, 0.15) is 5.76 Å². The van der Waals surface area contributed by atoms with Gasteiger partial charge in [-0.1, -0.05) is 47.5 Å². The number of carbonyl (C=O) groups excluding carboxylic acids is 1. The summed E-state index contributed by atoms with van der Waals surface area (Å²) >= 11 is 12.3. The summed E-state index contributed by atoms with van der Waals surface area (Å²) in [6, 6.07) is 23.9. The van der Waals surface area contributed by atoms with Crippen LogP contribution in [0.4, 0.5) is 5.69 Å². The minimum absolute atomic E-state index is 0.302. The summed E-state index contributed by atoms with van der Waals surface area (Å²) in [7, 11) is 0. The molecule has 162 valence electrons. The molecule has 0 radical (unpaired) electrons. The van der Waals surface area contributed by atoms with Crippen LogP contribution in [0.5, 0.6) is 0 Å². The number of amides is 1. The van der Waals surface area contributed by atoms with Crippen molar-refractivity contribution in [3.05, 3.63) is 101 Å². The molecule has 0 bridgehead atoms. The van der Waals surface area contributed by atoms with Gasteiger partial charge in [-0.25, -0.2) is 0 Å². The summed E-state index contributed by atoms with van der Waals surface area (Å²) in [6.07, 6.45) is 2.98. The molecule has 0 atom stereocenters. The fraction of sp³-hybridized carbons (Fsp3) is 0. The molecule has 2 aromatic heterocycles. The first-order valence-corrected chi connectivity index (χ1v) is 10.8. The zero-order valence-corrected chi connectivity index (χ0v) is 18.6. The third-order valence-corrected chi connectivity index (χ3v) is 5.70. The molecule has 5 rings (SSSR count). The van der Waals surface area contributed by atoms with Gasteiger partial charge in [0, 0.05) is 17.3 Å². The van der Waals surface area contributed by atoms with Crippen molar-refractivity contribution >= 4 is 51.9 Å². The molecule has 33 heavy (non-hydrogen) atoms. The number of halogens is 2. The molecule has 3 aromatic carbocycles. The number of para-hydroxylation sites is 1. The number of benzene rings is 3. The van der Waals surface area contributed by atoms with Crippen molar-refractivity contribution in [2.75, 3.05) is 5.32 Å². The maximum absolute atomic E-state index is 12.4. The minimum atomic E-state index is -0.302. The van der Waals surface area contributed by atoms with Gasteiger partial charge in [0.15, 0.2) is 0 Å². The Balaban J connectivity index is 1.29. The van der Waals surface area contributed by atoms with Gasteiger partial charge in [0.1, 0.15) is 22.6 Å². The SMILES string of the molecule is O=C(/C=C/c1ccc(-c2cccc(Cl)c2Cl)o1)Nc1ccc2nn(-c3ccccc3)nc2c1. The van der Waals surface area contributed by atoms with Gasteiger partial charge in [-0.2, -0.15) is 4.80 Å². The van der Waals surface area contributed by atoms with E-state index in [1.54, 1.807) is 47.3 Å². The zero-order chi connectivity index (χ0) is 22.8. The predicted octanol–water partition coefficient (Wildman–Crippen LogP) is 6.64. The largest absolute Gasteiger partial charge is 0.457 e. The van der Waals surface area contributed by atoms with E-state index in [1.807, 2.05) is 42.5 Å². The van der Waals surface area contributed by atoms with Crippen molar-refractivity contribution in [1.82, 2.24) is 15.0 Å². The lowest BCUT2D eigenvalue weighted by Crippen LogP contribution is -2.07. The van der Waals surface area contributed by atoms with Crippen LogP contribution in [0.3, 0.4) is 0 Å². The van der Waals surface area contributed by atoms with Crippen LogP contribution in [-0.4, -0.2) is 20.9 Å². The Morgan fingerprint density at radius 2 is 1.73 bits per heavy atom. The van der Waals surface area contributed by atoms with E-state index in [2.05, 4.69) is 15.5 Å². The average molecular weight is 475 g/mol. The van der Waals surface area contributed by atoms with Gasteiger partial charge < -0.3 is 9.73 Å². The Labute approximate surface area is 199 Å². The molecule has 1 amide bonds. The summed E-state index contributed by atoms with van der Waals surface area (Å²) < 4.78 is 5.78. The van der Waals surface area contributed by atoms with Crippen molar-refractivity contribution in [2.24, 2.45) is 0 Å². The van der Waals surface area contributed by atoms with E-state index in [1.165, 1.54) is 6.08 Å². The third kappa shape index (κ3) is 4.53. The highest BCUT2D eigenvalue weighted by atomic mass is 35.5. The molecule has 8 heteroatoms. The van der Waals surface area contributed by atoms with Crippen LogP contribution in [0.15, 0.2) is 89.4 Å². The third-order valence-electron chi connectivity index (χ3n) is 4.88. The van der Waals surface area contributed by atoms with Crippen molar-refractivity contribution in [3.63, 3.8) is 0 Å². The number of anilines is 1. The molecule has 5 aromatic rings. The standard InChI is InChI=1S/C25H16Cl2N4O2/c26-20-8-4-7-19(25(20)27)23-13-10-18(33-23)11-14-24(32)28-16-9-12-21-22(15-16)30-31(29-21)17-5-2-1-3-6-17/h1-15H,(H,28,32)/b14-11+. The summed E-state index contributed by atoms with van der Waals surface area (Å²) in [4.78, 5) is 14.0. The Morgan fingerprint density at radius 1 is 0.909 bits per heavy atom. The highest BCUT2D eigenvalue weighted by molar-refractivity contribution is 6.43. The van der Waals surface area contributed by atoms with E-state index >= 15 is 0 Å². The summed E-state index contributed by atoms with van der Waals surface area (Å²) in [5, 5.41) is 12.6. The molecule has 0 aliphatic heterocycles. The molecule has 0 unspecified atom stereocenters. The molecule has 0 saturated carbocycles. The van der Waals surface area contributed by atoms with Crippen LogP contribution in [-0.2, 0) is 4.79 Å². The molecular weight excluding hydrogens is 459 g/mol. The Kier molecular flexibility index (Phi) is 5.69. The van der Waals surface area contributed by atoms with Gasteiger partial charge in [-0.3, -0.25) is 4.79 Å². The van der Waals surface area contributed by atoms with Crippen LogP contribution < -0.4 is 5.32 Å². The van der Waals surface area contributed by atoms with Crippen molar-refractivity contribution < 1.29 is 9.21 Å². The van der Waals surface area contributed by atoms with Gasteiger partial charge in [0.2, 0.25) is 5.91 Å². The molecular formula is C25H16Cl2N4O2. The number of furan rings is 1. The molecule has 2 heterocycles. The highest BCUT2D eigenvalue weighted by Crippen LogP contribution is 2.34. The monoisotopic (exact) mass is 474 g/mol. The van der Waals surface area contributed by atoms with E-state index in [9.17, 15) is 4.79 Å². The second kappa shape index (κ2) is 8.94. The van der Waals surface area contributed by atoms with E-state index in [0.29, 0.717) is 38.3 Å². The first kappa shape index (κ1) is 21.0. The lowest BCUT2D eigenvalue weighted by Gasteiger charge is -2.02. The maximum Gasteiger partial charge on any atom is 0.248 e. The number of nitrogens with zero attached hydrogens (tertiary/aromatic N) is 3. The number of rotatable bonds is 5. The fourth-order valence-corrected chi connectivity index (χ4v) is 3.69. The maximum atomic E-state index is 12.4. The molecule has 0 saturated heterocycles. The van der Waals surface area contributed by atoms with Gasteiger partial charge in [0.05, 0.1) is 15.7 Å². The van der Waals surface area contributed by atoms with E-state index in [-0.39, 0.29) is 5.91 Å². The minimum Gasteiger partial charge on any atom is -0.457 e. The summed E-state index contributed by atoms with van der Waals surface area (Å²) in [5.41, 5.74) is 3.57. The molecule has 1 N–H and O–H groups in total. The molecule has 0 aliphatic carbocycles. The van der Waals surface area contributed by atoms with E-state index in [4.69, 9.17) is 27.6 Å². The second-order valence-corrected chi connectivity index (χ2v) is 7.94. The molecule has 0 aliphatic rings. The number of nitrogens with one attached hydrogen (secondary N) is 1. The molecule has 0 spiro atoms. The first-order chi connectivity index (χ1) is 16.1. The fourth-order valence-electron chi connectivity index (χ4n) is 3.29. The topological polar surface area (TPSA) is 73.0 Å². The van der Waals surface area contributed by atoms with Crippen LogP contribution in [0, 0.1) is 0 Å². The van der Waals surface area contributed by atoms with Crippen molar-refractivity contribution in [3.8, 4) is 17.0 Å². The van der Waals surface area contributed by atoms with Crippen molar-refractivity contribution in [2.45, 2.75) is 0 Å². The molecule has 6 nitrogen and oxygen atoms in total. The Morgan fingerprint density at radius 3 is 2.58 bits per heavy atom. The number of hydrogen-bond acceptors (Lipinski definition) is 4. The van der Waals surface area contributed by atoms with Crippen LogP contribution >= 0.6 is 23.2 Å². The summed E-state index contributed by atoms with van der Waals surface area (Å²) in [5.74, 6) is 0.774. The molecule has 0 fully saturated rings. The lowest BCUT2D eigenvalue weighted by atomic mass is 10.2. The highest BCUT2D eigenvalue weighted by Gasteiger charge is 2.11. The normalized spacial score (nSPS) is 11.3.